The van der Waals surface area contributed by atoms with Crippen LogP contribution in [0.5, 0.6) is 0 Å². The zero-order chi connectivity index (χ0) is 21.7. The Hall–Kier alpha value is -2.54. The molecule has 5 atom stereocenters. The first-order chi connectivity index (χ1) is 13.7. The predicted molar refractivity (Wildman–Crippen MR) is 108 cm³/mol. The molecule has 1 aliphatic heterocycles. The van der Waals surface area contributed by atoms with E-state index in [4.69, 9.17) is 0 Å². The summed E-state index contributed by atoms with van der Waals surface area (Å²) in [6.45, 7) is 6.09. The van der Waals surface area contributed by atoms with Crippen LogP contribution in [-0.2, 0) is 19.2 Å². The summed E-state index contributed by atoms with van der Waals surface area (Å²) in [5, 5.41) is 12.7. The molecule has 0 radical (unpaired) electrons. The van der Waals surface area contributed by atoms with Gasteiger partial charge in [-0.1, -0.05) is 44.2 Å². The van der Waals surface area contributed by atoms with Gasteiger partial charge in [0.05, 0.1) is 24.7 Å². The zero-order valence-corrected chi connectivity index (χ0v) is 17.4. The van der Waals surface area contributed by atoms with Crippen LogP contribution in [0, 0.1) is 11.8 Å². The number of nitrogens with one attached hydrogen (secondary N) is 1. The molecule has 1 aromatic carbocycles. The van der Waals surface area contributed by atoms with Crippen LogP contribution >= 0.6 is 0 Å². The number of carbonyl (C=O) groups excluding carboxylic acids is 4. The molecule has 0 aliphatic carbocycles. The Morgan fingerprint density at radius 1 is 0.966 bits per heavy atom. The molecule has 1 saturated heterocycles. The fourth-order valence-corrected chi connectivity index (χ4v) is 3.62. The van der Waals surface area contributed by atoms with Crippen molar-refractivity contribution in [1.82, 2.24) is 10.2 Å². The molecular formula is C22H30N2O5. The second-order valence-corrected chi connectivity index (χ2v) is 7.90. The second kappa shape index (κ2) is 9.78. The van der Waals surface area contributed by atoms with E-state index < -0.39 is 30.0 Å². The lowest BCUT2D eigenvalue weighted by Crippen LogP contribution is -2.51. The normalized spacial score (nSPS) is 28.4. The fourth-order valence-electron chi connectivity index (χ4n) is 3.62. The van der Waals surface area contributed by atoms with Crippen molar-refractivity contribution in [2.75, 3.05) is 6.61 Å². The molecule has 2 amide bonds. The predicted octanol–water partition coefficient (Wildman–Crippen LogP) is 1.65. The van der Waals surface area contributed by atoms with Crippen LogP contribution < -0.4 is 5.32 Å². The SMILES string of the molecule is C[C@@H]1CC(=O)[C@H](C)N([C@@H](CO)c2ccccc2)C(=O)[C@H](C)CC(=O)[C@H](C)NC1=O. The monoisotopic (exact) mass is 402 g/mol. The van der Waals surface area contributed by atoms with E-state index >= 15 is 0 Å². The molecule has 29 heavy (non-hydrogen) atoms. The molecule has 7 nitrogen and oxygen atoms in total. The minimum absolute atomic E-state index is 0.0565. The lowest BCUT2D eigenvalue weighted by Gasteiger charge is -2.37. The van der Waals surface area contributed by atoms with Crippen LogP contribution in [0.1, 0.15) is 52.1 Å². The van der Waals surface area contributed by atoms with Gasteiger partial charge in [-0.25, -0.2) is 0 Å². The number of nitrogens with zero attached hydrogens (tertiary/aromatic N) is 1. The molecule has 1 heterocycles. The number of hydrogen-bond donors (Lipinski definition) is 2. The fraction of sp³-hybridized carbons (Fsp3) is 0.545. The average molecular weight is 402 g/mol. The summed E-state index contributed by atoms with van der Waals surface area (Å²) in [7, 11) is 0. The standard InChI is InChI=1S/C22H30N2O5/c1-13-10-20(27)16(4)24(18(12-25)17-8-6-5-7-9-17)22(29)14(2)11-19(26)15(3)23-21(13)28/h5-9,13-16,18,25H,10-12H2,1-4H3,(H,23,28)/t13-,14-,15+,16+,18+/m1/s1. The van der Waals surface area contributed by atoms with E-state index in [9.17, 15) is 24.3 Å². The number of Topliss-reactive ketones (excluding diaryl/α,β-unsaturated/α-hetero) is 2. The topological polar surface area (TPSA) is 104 Å². The first-order valence-corrected chi connectivity index (χ1v) is 10.0. The maximum Gasteiger partial charge on any atom is 0.227 e. The minimum Gasteiger partial charge on any atom is -0.394 e. The zero-order valence-electron chi connectivity index (χ0n) is 17.4. The van der Waals surface area contributed by atoms with Gasteiger partial charge in [0.25, 0.3) is 0 Å². The molecule has 1 fully saturated rings. The number of rotatable bonds is 3. The smallest absolute Gasteiger partial charge is 0.227 e. The van der Waals surface area contributed by atoms with Gasteiger partial charge in [0.15, 0.2) is 11.6 Å². The summed E-state index contributed by atoms with van der Waals surface area (Å²) < 4.78 is 0. The molecule has 2 N–H and O–H groups in total. The van der Waals surface area contributed by atoms with Gasteiger partial charge in [-0.3, -0.25) is 19.2 Å². The Bertz CT molecular complexity index is 764. The summed E-state index contributed by atoms with van der Waals surface area (Å²) >= 11 is 0. The van der Waals surface area contributed by atoms with Gasteiger partial charge in [-0.15, -0.1) is 0 Å². The van der Waals surface area contributed by atoms with E-state index in [1.54, 1.807) is 52.0 Å². The largest absolute Gasteiger partial charge is 0.394 e. The minimum atomic E-state index is -0.843. The second-order valence-electron chi connectivity index (χ2n) is 7.90. The van der Waals surface area contributed by atoms with Crippen molar-refractivity contribution in [2.24, 2.45) is 11.8 Å². The molecule has 2 rings (SSSR count). The van der Waals surface area contributed by atoms with E-state index in [-0.39, 0.29) is 42.8 Å². The Kier molecular flexibility index (Phi) is 7.67. The summed E-state index contributed by atoms with van der Waals surface area (Å²) in [6.07, 6.45) is -0.113. The van der Waals surface area contributed by atoms with E-state index in [0.717, 1.165) is 0 Å². The van der Waals surface area contributed by atoms with Gasteiger partial charge in [0.1, 0.15) is 0 Å². The van der Waals surface area contributed by atoms with Gasteiger partial charge in [0.2, 0.25) is 11.8 Å². The highest BCUT2D eigenvalue weighted by molar-refractivity contribution is 5.97. The quantitative estimate of drug-likeness (QED) is 0.800. The summed E-state index contributed by atoms with van der Waals surface area (Å²) in [5.41, 5.74) is 0.702. The van der Waals surface area contributed by atoms with Crippen LogP contribution in [0.2, 0.25) is 0 Å². The third-order valence-corrected chi connectivity index (χ3v) is 5.56. The Balaban J connectivity index is 2.47. The summed E-state index contributed by atoms with van der Waals surface area (Å²) in [5.74, 6) is -2.55. The molecule has 0 saturated carbocycles. The van der Waals surface area contributed by atoms with E-state index in [0.29, 0.717) is 5.56 Å². The highest BCUT2D eigenvalue weighted by atomic mass is 16.3. The lowest BCUT2D eigenvalue weighted by molar-refractivity contribution is -0.148. The average Bonchev–Trinajstić information content (AvgIpc) is 2.70. The lowest BCUT2D eigenvalue weighted by atomic mass is 9.92. The Morgan fingerprint density at radius 2 is 1.55 bits per heavy atom. The van der Waals surface area contributed by atoms with Gasteiger partial charge in [-0.05, 0) is 19.4 Å². The van der Waals surface area contributed by atoms with Crippen LogP contribution in [0.25, 0.3) is 0 Å². The van der Waals surface area contributed by atoms with Crippen LogP contribution in [0.4, 0.5) is 0 Å². The number of aliphatic hydroxyl groups excluding tert-OH is 1. The number of ketones is 2. The van der Waals surface area contributed by atoms with Crippen molar-refractivity contribution < 1.29 is 24.3 Å². The van der Waals surface area contributed by atoms with E-state index in [1.807, 2.05) is 6.07 Å². The van der Waals surface area contributed by atoms with Crippen LogP contribution in [0.15, 0.2) is 30.3 Å². The number of hydrogen-bond acceptors (Lipinski definition) is 5. The molecule has 0 spiro atoms. The van der Waals surface area contributed by atoms with Gasteiger partial charge in [-0.2, -0.15) is 0 Å². The van der Waals surface area contributed by atoms with Gasteiger partial charge >= 0.3 is 0 Å². The van der Waals surface area contributed by atoms with Crippen molar-refractivity contribution in [3.8, 4) is 0 Å². The first kappa shape index (κ1) is 22.7. The van der Waals surface area contributed by atoms with Crippen LogP contribution in [-0.4, -0.2) is 52.1 Å². The number of amides is 2. The van der Waals surface area contributed by atoms with E-state index in [1.165, 1.54) is 4.90 Å². The Morgan fingerprint density at radius 3 is 2.14 bits per heavy atom. The summed E-state index contributed by atoms with van der Waals surface area (Å²) in [6, 6.07) is 6.70. The molecule has 0 unspecified atom stereocenters. The number of carbonyl (C=O) groups is 4. The molecule has 1 aromatic rings. The Labute approximate surface area is 171 Å². The molecular weight excluding hydrogens is 372 g/mol. The molecule has 0 aromatic heterocycles. The highest BCUT2D eigenvalue weighted by Gasteiger charge is 2.37. The van der Waals surface area contributed by atoms with Crippen molar-refractivity contribution in [3.63, 3.8) is 0 Å². The summed E-state index contributed by atoms with van der Waals surface area (Å²) in [4.78, 5) is 52.5. The van der Waals surface area contributed by atoms with Crippen molar-refractivity contribution in [1.29, 1.82) is 0 Å². The maximum atomic E-state index is 13.3. The molecule has 1 aliphatic rings. The number of aliphatic hydroxyl groups is 1. The highest BCUT2D eigenvalue weighted by Crippen LogP contribution is 2.27. The van der Waals surface area contributed by atoms with Crippen LogP contribution in [0.3, 0.4) is 0 Å². The third-order valence-electron chi connectivity index (χ3n) is 5.56. The van der Waals surface area contributed by atoms with Crippen molar-refractivity contribution in [3.05, 3.63) is 35.9 Å². The van der Waals surface area contributed by atoms with Gasteiger partial charge < -0.3 is 15.3 Å². The molecule has 7 heteroatoms. The first-order valence-electron chi connectivity index (χ1n) is 10.0. The molecule has 0 bridgehead atoms. The number of benzene rings is 1. The van der Waals surface area contributed by atoms with Crippen molar-refractivity contribution in [2.45, 2.75) is 58.7 Å². The van der Waals surface area contributed by atoms with Gasteiger partial charge in [0, 0.05) is 24.7 Å². The van der Waals surface area contributed by atoms with Crippen molar-refractivity contribution >= 4 is 23.4 Å². The maximum absolute atomic E-state index is 13.3. The molecule has 158 valence electrons. The van der Waals surface area contributed by atoms with E-state index in [2.05, 4.69) is 5.32 Å². The third kappa shape index (κ3) is 5.29.